The number of aromatic nitrogens is 2. The van der Waals surface area contributed by atoms with Crippen molar-refractivity contribution in [2.75, 3.05) is 6.61 Å². The van der Waals surface area contributed by atoms with Gasteiger partial charge in [0.25, 0.3) is 0 Å². The smallest absolute Gasteiger partial charge is 0.188 e. The average molecular weight is 253 g/mol. The van der Waals surface area contributed by atoms with Gasteiger partial charge in [0.05, 0.1) is 11.9 Å². The van der Waals surface area contributed by atoms with Crippen LogP contribution in [-0.4, -0.2) is 33.0 Å². The van der Waals surface area contributed by atoms with E-state index >= 15 is 0 Å². The van der Waals surface area contributed by atoms with Gasteiger partial charge in [0, 0.05) is 17.4 Å². The molecule has 0 amide bonds. The molecular weight excluding hydrogens is 234 g/mol. The summed E-state index contributed by atoms with van der Waals surface area (Å²) in [6.07, 6.45) is 2.37. The van der Waals surface area contributed by atoms with E-state index in [-0.39, 0.29) is 17.9 Å². The number of aliphatic hydroxyl groups excluding tert-OH is 1. The summed E-state index contributed by atoms with van der Waals surface area (Å²) < 4.78 is 0. The molecule has 2 unspecified atom stereocenters. The number of nitrogens with zero attached hydrogens (tertiary/aromatic N) is 2. The molecule has 2 rings (SSSR count). The predicted molar refractivity (Wildman–Crippen MR) is 68.9 cm³/mol. The second-order valence-corrected chi connectivity index (χ2v) is 5.89. The Morgan fingerprint density at radius 2 is 2.00 bits per heavy atom. The number of aryl methyl sites for hydroxylation is 2. The number of rotatable bonds is 5. The molecule has 0 aliphatic heterocycles. The highest BCUT2D eigenvalue weighted by molar-refractivity contribution is 7.99. The fraction of sp³-hybridized carbons (Fsp3) is 0.667. The Morgan fingerprint density at radius 1 is 1.41 bits per heavy atom. The van der Waals surface area contributed by atoms with Crippen molar-refractivity contribution in [3.63, 3.8) is 0 Å². The largest absolute Gasteiger partial charge is 0.395 e. The molecule has 1 aromatic rings. The van der Waals surface area contributed by atoms with Gasteiger partial charge in [-0.3, -0.25) is 0 Å². The summed E-state index contributed by atoms with van der Waals surface area (Å²) in [6, 6.07) is 1.99. The fourth-order valence-electron chi connectivity index (χ4n) is 1.90. The van der Waals surface area contributed by atoms with Crippen molar-refractivity contribution < 1.29 is 5.11 Å². The van der Waals surface area contributed by atoms with Crippen molar-refractivity contribution >= 4 is 11.8 Å². The average Bonchev–Trinajstić information content (AvgIpc) is 3.07. The molecule has 1 aliphatic rings. The van der Waals surface area contributed by atoms with E-state index in [2.05, 4.69) is 9.97 Å². The summed E-state index contributed by atoms with van der Waals surface area (Å²) in [4.78, 5) is 8.74. The number of thioether (sulfide) groups is 1. The number of hydrogen-bond donors (Lipinski definition) is 2. The molecule has 0 radical (unpaired) electrons. The number of aliphatic hydroxyl groups is 1. The molecular formula is C12H19N3OS. The first kappa shape index (κ1) is 12.8. The molecule has 1 aliphatic carbocycles. The summed E-state index contributed by atoms with van der Waals surface area (Å²) in [5.74, 6) is 0.575. The molecule has 0 spiro atoms. The van der Waals surface area contributed by atoms with E-state index in [0.717, 1.165) is 16.5 Å². The Labute approximate surface area is 106 Å². The molecule has 0 bridgehead atoms. The van der Waals surface area contributed by atoms with Gasteiger partial charge in [-0.05, 0) is 38.7 Å². The van der Waals surface area contributed by atoms with Crippen LogP contribution in [0.25, 0.3) is 0 Å². The highest BCUT2D eigenvalue weighted by Crippen LogP contribution is 2.36. The molecule has 1 aromatic heterocycles. The van der Waals surface area contributed by atoms with Crippen LogP contribution in [0.15, 0.2) is 11.2 Å². The van der Waals surface area contributed by atoms with E-state index in [4.69, 9.17) is 5.73 Å². The Hall–Kier alpha value is -0.650. The maximum Gasteiger partial charge on any atom is 0.188 e. The molecule has 1 heterocycles. The van der Waals surface area contributed by atoms with Gasteiger partial charge >= 0.3 is 0 Å². The minimum atomic E-state index is 0.00343. The van der Waals surface area contributed by atoms with Gasteiger partial charge in [-0.2, -0.15) is 0 Å². The van der Waals surface area contributed by atoms with Crippen LogP contribution in [0, 0.1) is 19.8 Å². The topological polar surface area (TPSA) is 72.0 Å². The van der Waals surface area contributed by atoms with E-state index < -0.39 is 0 Å². The Balaban J connectivity index is 2.06. The molecule has 3 N–H and O–H groups in total. The van der Waals surface area contributed by atoms with Gasteiger partial charge in [0.1, 0.15) is 0 Å². The fourth-order valence-corrected chi connectivity index (χ4v) is 3.02. The van der Waals surface area contributed by atoms with E-state index in [9.17, 15) is 5.11 Å². The van der Waals surface area contributed by atoms with Crippen molar-refractivity contribution in [2.24, 2.45) is 11.7 Å². The first-order valence-corrected chi connectivity index (χ1v) is 6.83. The standard InChI is InChI=1S/C12H19N3OS/c1-7-5-8(2)15-12(14-7)17-10(6-16)11(13)9-3-4-9/h5,9-11,16H,3-4,6,13H2,1-2H3. The zero-order valence-electron chi connectivity index (χ0n) is 10.3. The lowest BCUT2D eigenvalue weighted by atomic mass is 10.1. The lowest BCUT2D eigenvalue weighted by Crippen LogP contribution is -2.37. The van der Waals surface area contributed by atoms with Gasteiger partial charge in [0.15, 0.2) is 5.16 Å². The molecule has 1 fully saturated rings. The molecule has 17 heavy (non-hydrogen) atoms. The molecule has 0 saturated heterocycles. The lowest BCUT2D eigenvalue weighted by Gasteiger charge is -2.20. The van der Waals surface area contributed by atoms with Crippen LogP contribution in [0.2, 0.25) is 0 Å². The summed E-state index contributed by atoms with van der Waals surface area (Å²) >= 11 is 1.50. The van der Waals surface area contributed by atoms with Crippen molar-refractivity contribution in [3.8, 4) is 0 Å². The van der Waals surface area contributed by atoms with Crippen LogP contribution >= 0.6 is 11.8 Å². The second kappa shape index (κ2) is 5.33. The maximum atomic E-state index is 9.42. The normalized spacial score (nSPS) is 19.1. The lowest BCUT2D eigenvalue weighted by molar-refractivity contribution is 0.277. The Bertz CT molecular complexity index is 375. The summed E-state index contributed by atoms with van der Waals surface area (Å²) in [6.45, 7) is 3.99. The highest BCUT2D eigenvalue weighted by Gasteiger charge is 2.34. The van der Waals surface area contributed by atoms with Gasteiger partial charge in [0.2, 0.25) is 0 Å². The van der Waals surface area contributed by atoms with Gasteiger partial charge in [-0.1, -0.05) is 11.8 Å². The van der Waals surface area contributed by atoms with Crippen LogP contribution < -0.4 is 5.73 Å². The monoisotopic (exact) mass is 253 g/mol. The molecule has 4 nitrogen and oxygen atoms in total. The van der Waals surface area contributed by atoms with Gasteiger partial charge in [-0.15, -0.1) is 0 Å². The quantitative estimate of drug-likeness (QED) is 0.611. The van der Waals surface area contributed by atoms with Crippen molar-refractivity contribution in [3.05, 3.63) is 17.5 Å². The summed E-state index contributed by atoms with van der Waals surface area (Å²) in [7, 11) is 0. The van der Waals surface area contributed by atoms with Crippen molar-refractivity contribution in [1.29, 1.82) is 0 Å². The SMILES string of the molecule is Cc1cc(C)nc(SC(CO)C(N)C2CC2)n1. The minimum Gasteiger partial charge on any atom is -0.395 e. The molecule has 0 aromatic carbocycles. The van der Waals surface area contributed by atoms with E-state index in [1.165, 1.54) is 24.6 Å². The van der Waals surface area contributed by atoms with E-state index in [0.29, 0.717) is 5.92 Å². The predicted octanol–water partition coefficient (Wildman–Crippen LogP) is 1.28. The number of hydrogen-bond acceptors (Lipinski definition) is 5. The molecule has 5 heteroatoms. The molecule has 2 atom stereocenters. The number of nitrogens with two attached hydrogens (primary N) is 1. The second-order valence-electron chi connectivity index (χ2n) is 4.69. The van der Waals surface area contributed by atoms with Crippen LogP contribution in [0.1, 0.15) is 24.2 Å². The molecule has 1 saturated carbocycles. The van der Waals surface area contributed by atoms with Crippen LogP contribution in [0.4, 0.5) is 0 Å². The highest BCUT2D eigenvalue weighted by atomic mass is 32.2. The third kappa shape index (κ3) is 3.40. The minimum absolute atomic E-state index is 0.00343. The zero-order valence-corrected chi connectivity index (χ0v) is 11.1. The van der Waals surface area contributed by atoms with Crippen LogP contribution in [0.3, 0.4) is 0 Å². The summed E-state index contributed by atoms with van der Waals surface area (Å²) in [5.41, 5.74) is 8.03. The van der Waals surface area contributed by atoms with Crippen LogP contribution in [-0.2, 0) is 0 Å². The molecule has 94 valence electrons. The van der Waals surface area contributed by atoms with Gasteiger partial charge in [-0.25, -0.2) is 9.97 Å². The summed E-state index contributed by atoms with van der Waals surface area (Å²) in [5, 5.41) is 10.1. The van der Waals surface area contributed by atoms with Gasteiger partial charge < -0.3 is 10.8 Å². The van der Waals surface area contributed by atoms with Crippen molar-refractivity contribution in [2.45, 2.75) is 43.1 Å². The third-order valence-corrected chi connectivity index (χ3v) is 4.15. The van der Waals surface area contributed by atoms with Crippen molar-refractivity contribution in [1.82, 2.24) is 9.97 Å². The maximum absolute atomic E-state index is 9.42. The van der Waals surface area contributed by atoms with E-state index in [1.54, 1.807) is 0 Å². The van der Waals surface area contributed by atoms with E-state index in [1.807, 2.05) is 19.9 Å². The first-order valence-electron chi connectivity index (χ1n) is 5.95. The Morgan fingerprint density at radius 3 is 2.47 bits per heavy atom. The Kier molecular flexibility index (Phi) is 4.01. The van der Waals surface area contributed by atoms with Crippen LogP contribution in [0.5, 0.6) is 0 Å². The first-order chi connectivity index (χ1) is 8.10. The zero-order chi connectivity index (χ0) is 12.4. The third-order valence-electron chi connectivity index (χ3n) is 2.99.